The van der Waals surface area contributed by atoms with Crippen molar-refractivity contribution in [2.45, 2.75) is 32.1 Å². The number of alkyl halides is 1. The van der Waals surface area contributed by atoms with E-state index in [9.17, 15) is 0 Å². The second kappa shape index (κ2) is 2.74. The molecule has 0 saturated carbocycles. The Balaban J connectivity index is 2.52. The lowest BCUT2D eigenvalue weighted by molar-refractivity contribution is 0.726. The van der Waals surface area contributed by atoms with Crippen molar-refractivity contribution in [3.8, 4) is 0 Å². The average Bonchev–Trinajstić information content (AvgIpc) is 2.14. The fourth-order valence-electron chi connectivity index (χ4n) is 1.18. The van der Waals surface area contributed by atoms with E-state index in [2.05, 4.69) is 19.9 Å². The van der Waals surface area contributed by atoms with Gasteiger partial charge in [0, 0.05) is 0 Å². The molecule has 0 saturated heterocycles. The van der Waals surface area contributed by atoms with Gasteiger partial charge in [-0.25, -0.2) is 0 Å². The summed E-state index contributed by atoms with van der Waals surface area (Å²) in [7, 11) is 0. The Morgan fingerprint density at radius 2 is 2.33 bits per heavy atom. The van der Waals surface area contributed by atoms with Crippen LogP contribution in [0.5, 0.6) is 0 Å². The number of hydrogen-bond donors (Lipinski definition) is 0. The van der Waals surface area contributed by atoms with Crippen molar-refractivity contribution in [2.75, 3.05) is 0 Å². The van der Waals surface area contributed by atoms with Crippen LogP contribution in [0.4, 0.5) is 0 Å². The molecule has 0 aromatic carbocycles. The van der Waals surface area contributed by atoms with Gasteiger partial charge in [0.25, 0.3) is 0 Å². The molecule has 9 heavy (non-hydrogen) atoms. The van der Waals surface area contributed by atoms with E-state index >= 15 is 0 Å². The zero-order valence-corrected chi connectivity index (χ0v) is 6.78. The highest BCUT2D eigenvalue weighted by Crippen LogP contribution is 2.27. The predicted molar refractivity (Wildman–Crippen MR) is 41.8 cm³/mol. The quantitative estimate of drug-likeness (QED) is 0.392. The summed E-state index contributed by atoms with van der Waals surface area (Å²) in [5, 5.41) is 0.322. The van der Waals surface area contributed by atoms with E-state index in [1.807, 2.05) is 0 Å². The van der Waals surface area contributed by atoms with Gasteiger partial charge in [-0.15, -0.1) is 11.6 Å². The standard InChI is InChI=1S/C8H13Cl/c1-6(2)7-3-4-8(9)5-7/h5-6,8H,3-4H2,1-2H3. The number of rotatable bonds is 1. The van der Waals surface area contributed by atoms with Crippen molar-refractivity contribution >= 4 is 11.6 Å². The zero-order chi connectivity index (χ0) is 6.85. The van der Waals surface area contributed by atoms with Crippen LogP contribution in [0.25, 0.3) is 0 Å². The van der Waals surface area contributed by atoms with Crippen molar-refractivity contribution in [1.82, 2.24) is 0 Å². The molecule has 1 aliphatic rings. The van der Waals surface area contributed by atoms with Crippen LogP contribution < -0.4 is 0 Å². The molecule has 0 aromatic rings. The molecule has 1 rings (SSSR count). The van der Waals surface area contributed by atoms with Crippen LogP contribution in [0.2, 0.25) is 0 Å². The first-order valence-corrected chi connectivity index (χ1v) is 3.98. The van der Waals surface area contributed by atoms with Crippen molar-refractivity contribution in [1.29, 1.82) is 0 Å². The summed E-state index contributed by atoms with van der Waals surface area (Å²) >= 11 is 5.87. The van der Waals surface area contributed by atoms with E-state index in [1.54, 1.807) is 0 Å². The van der Waals surface area contributed by atoms with Gasteiger partial charge in [-0.1, -0.05) is 25.5 Å². The molecule has 0 fully saturated rings. The maximum Gasteiger partial charge on any atom is 0.0521 e. The van der Waals surface area contributed by atoms with E-state index in [1.165, 1.54) is 12.0 Å². The highest BCUT2D eigenvalue weighted by Gasteiger charge is 2.14. The minimum Gasteiger partial charge on any atom is -0.118 e. The normalized spacial score (nSPS) is 27.1. The summed E-state index contributed by atoms with van der Waals surface area (Å²) in [5.74, 6) is 0.703. The van der Waals surface area contributed by atoms with Crippen LogP contribution in [0.15, 0.2) is 11.6 Å². The molecule has 1 unspecified atom stereocenters. The lowest BCUT2D eigenvalue weighted by Crippen LogP contribution is -1.88. The molecule has 0 aromatic heterocycles. The summed E-state index contributed by atoms with van der Waals surface area (Å²) in [6, 6.07) is 0. The molecule has 0 bridgehead atoms. The Labute approximate surface area is 61.9 Å². The van der Waals surface area contributed by atoms with Gasteiger partial charge >= 0.3 is 0 Å². The zero-order valence-electron chi connectivity index (χ0n) is 6.02. The summed E-state index contributed by atoms with van der Waals surface area (Å²) in [4.78, 5) is 0. The van der Waals surface area contributed by atoms with Crippen molar-refractivity contribution in [3.05, 3.63) is 11.6 Å². The maximum atomic E-state index is 5.87. The lowest BCUT2D eigenvalue weighted by Gasteiger charge is -2.02. The molecule has 0 spiro atoms. The summed E-state index contributed by atoms with van der Waals surface area (Å²) in [6.45, 7) is 4.45. The van der Waals surface area contributed by atoms with Gasteiger partial charge < -0.3 is 0 Å². The third-order valence-electron chi connectivity index (χ3n) is 1.85. The van der Waals surface area contributed by atoms with Crippen LogP contribution in [-0.2, 0) is 0 Å². The lowest BCUT2D eigenvalue weighted by atomic mass is 10.0. The second-order valence-electron chi connectivity index (χ2n) is 2.95. The van der Waals surface area contributed by atoms with E-state index in [-0.39, 0.29) is 0 Å². The van der Waals surface area contributed by atoms with Crippen LogP contribution in [0.1, 0.15) is 26.7 Å². The molecule has 1 atom stereocenters. The van der Waals surface area contributed by atoms with E-state index in [0.29, 0.717) is 11.3 Å². The highest BCUT2D eigenvalue weighted by atomic mass is 35.5. The molecule has 0 radical (unpaired) electrons. The fourth-order valence-corrected chi connectivity index (χ4v) is 1.46. The number of hydrogen-bond acceptors (Lipinski definition) is 0. The van der Waals surface area contributed by atoms with Crippen LogP contribution in [0, 0.1) is 5.92 Å². The molecule has 0 amide bonds. The summed E-state index contributed by atoms with van der Waals surface area (Å²) in [6.07, 6.45) is 4.56. The third kappa shape index (κ3) is 1.72. The first kappa shape index (κ1) is 7.14. The fraction of sp³-hybridized carbons (Fsp3) is 0.750. The van der Waals surface area contributed by atoms with Crippen LogP contribution in [0.3, 0.4) is 0 Å². The molecule has 0 nitrogen and oxygen atoms in total. The minimum atomic E-state index is 0.322. The topological polar surface area (TPSA) is 0 Å². The molecule has 0 heterocycles. The molecule has 0 N–H and O–H groups in total. The van der Waals surface area contributed by atoms with Crippen LogP contribution in [-0.4, -0.2) is 5.38 Å². The molecule has 1 aliphatic carbocycles. The number of halogens is 1. The molecular weight excluding hydrogens is 132 g/mol. The number of allylic oxidation sites excluding steroid dienone is 2. The minimum absolute atomic E-state index is 0.322. The van der Waals surface area contributed by atoms with E-state index in [4.69, 9.17) is 11.6 Å². The van der Waals surface area contributed by atoms with E-state index < -0.39 is 0 Å². The smallest absolute Gasteiger partial charge is 0.0521 e. The van der Waals surface area contributed by atoms with Crippen LogP contribution >= 0.6 is 11.6 Å². The van der Waals surface area contributed by atoms with Crippen molar-refractivity contribution < 1.29 is 0 Å². The Bertz CT molecular complexity index is 125. The average molecular weight is 145 g/mol. The van der Waals surface area contributed by atoms with E-state index in [0.717, 1.165) is 6.42 Å². The van der Waals surface area contributed by atoms with Gasteiger partial charge in [-0.05, 0) is 18.8 Å². The second-order valence-corrected chi connectivity index (χ2v) is 3.51. The first-order chi connectivity index (χ1) is 4.20. The largest absolute Gasteiger partial charge is 0.118 e. The third-order valence-corrected chi connectivity index (χ3v) is 2.19. The molecule has 0 aliphatic heterocycles. The Morgan fingerprint density at radius 1 is 1.67 bits per heavy atom. The highest BCUT2D eigenvalue weighted by molar-refractivity contribution is 6.22. The Kier molecular flexibility index (Phi) is 2.18. The van der Waals surface area contributed by atoms with Gasteiger partial charge in [0.05, 0.1) is 5.38 Å². The van der Waals surface area contributed by atoms with Gasteiger partial charge in [-0.2, -0.15) is 0 Å². The predicted octanol–water partition coefficient (Wildman–Crippen LogP) is 2.97. The Hall–Kier alpha value is 0.0300. The first-order valence-electron chi connectivity index (χ1n) is 3.55. The monoisotopic (exact) mass is 144 g/mol. The summed E-state index contributed by atoms with van der Waals surface area (Å²) < 4.78 is 0. The molecular formula is C8H13Cl. The van der Waals surface area contributed by atoms with Gasteiger partial charge in [-0.3, -0.25) is 0 Å². The maximum absolute atomic E-state index is 5.87. The Morgan fingerprint density at radius 3 is 2.56 bits per heavy atom. The molecule has 1 heteroatoms. The SMILES string of the molecule is CC(C)C1=CC(Cl)CC1. The van der Waals surface area contributed by atoms with Crippen molar-refractivity contribution in [2.24, 2.45) is 5.92 Å². The summed E-state index contributed by atoms with van der Waals surface area (Å²) in [5.41, 5.74) is 1.54. The van der Waals surface area contributed by atoms with Crippen molar-refractivity contribution in [3.63, 3.8) is 0 Å². The molecule has 52 valence electrons. The van der Waals surface area contributed by atoms with Gasteiger partial charge in [0.2, 0.25) is 0 Å². The van der Waals surface area contributed by atoms with Gasteiger partial charge in [0.15, 0.2) is 0 Å². The van der Waals surface area contributed by atoms with Gasteiger partial charge in [0.1, 0.15) is 0 Å².